The number of halogens is 2. The average Bonchev–Trinajstić information content (AvgIpc) is 3.39. The summed E-state index contributed by atoms with van der Waals surface area (Å²) in [6, 6.07) is 14.7. The fraction of sp³-hybridized carbons (Fsp3) is 0.211. The summed E-state index contributed by atoms with van der Waals surface area (Å²) >= 11 is 6.28. The van der Waals surface area contributed by atoms with E-state index in [1.807, 2.05) is 30.3 Å². The molecule has 1 saturated carbocycles. The standard InChI is InChI=1S/C19H15ClFN/c20-11-16-18(12-7-9-14(21)10-8-12)15-3-1-2-4-17(15)22-19(16)13-5-6-13/h1-4,7-10,13H,5-6,11H2. The molecule has 110 valence electrons. The van der Waals surface area contributed by atoms with Gasteiger partial charge in [-0.05, 0) is 47.7 Å². The second kappa shape index (κ2) is 5.36. The zero-order chi connectivity index (χ0) is 15.1. The molecule has 1 nitrogen and oxygen atoms in total. The number of benzene rings is 2. The minimum atomic E-state index is -0.225. The van der Waals surface area contributed by atoms with Crippen LogP contribution in [0, 0.1) is 5.82 Å². The molecule has 0 atom stereocenters. The number of nitrogens with zero attached hydrogens (tertiary/aromatic N) is 1. The minimum absolute atomic E-state index is 0.225. The lowest BCUT2D eigenvalue weighted by molar-refractivity contribution is 0.628. The molecule has 3 aromatic rings. The van der Waals surface area contributed by atoms with Crippen molar-refractivity contribution in [3.63, 3.8) is 0 Å². The monoisotopic (exact) mass is 311 g/mol. The van der Waals surface area contributed by atoms with Gasteiger partial charge < -0.3 is 0 Å². The van der Waals surface area contributed by atoms with Crippen molar-refractivity contribution in [3.8, 4) is 11.1 Å². The van der Waals surface area contributed by atoms with Gasteiger partial charge in [0.2, 0.25) is 0 Å². The Morgan fingerprint density at radius 2 is 1.77 bits per heavy atom. The number of alkyl halides is 1. The largest absolute Gasteiger partial charge is 0.252 e. The van der Waals surface area contributed by atoms with Crippen LogP contribution in [0.25, 0.3) is 22.0 Å². The van der Waals surface area contributed by atoms with Crippen LogP contribution in [0.15, 0.2) is 48.5 Å². The molecule has 0 spiro atoms. The van der Waals surface area contributed by atoms with Crippen molar-refractivity contribution in [2.24, 2.45) is 0 Å². The molecule has 1 aliphatic carbocycles. The van der Waals surface area contributed by atoms with Crippen LogP contribution in [-0.2, 0) is 5.88 Å². The Morgan fingerprint density at radius 3 is 2.45 bits per heavy atom. The molecule has 0 bridgehead atoms. The van der Waals surface area contributed by atoms with Crippen LogP contribution in [0.2, 0.25) is 0 Å². The van der Waals surface area contributed by atoms with Crippen LogP contribution in [0.3, 0.4) is 0 Å². The number of rotatable bonds is 3. The summed E-state index contributed by atoms with van der Waals surface area (Å²) in [5, 5.41) is 1.08. The number of hydrogen-bond acceptors (Lipinski definition) is 1. The summed E-state index contributed by atoms with van der Waals surface area (Å²) in [5.74, 6) is 0.727. The maximum Gasteiger partial charge on any atom is 0.123 e. The smallest absolute Gasteiger partial charge is 0.123 e. The molecule has 0 aliphatic heterocycles. The third-order valence-electron chi connectivity index (χ3n) is 4.26. The van der Waals surface area contributed by atoms with Crippen LogP contribution in [0.4, 0.5) is 4.39 Å². The first-order chi connectivity index (χ1) is 10.8. The molecule has 2 aromatic carbocycles. The fourth-order valence-corrected chi connectivity index (χ4v) is 3.32. The van der Waals surface area contributed by atoms with Gasteiger partial charge in [-0.1, -0.05) is 30.3 Å². The van der Waals surface area contributed by atoms with Gasteiger partial charge in [-0.15, -0.1) is 11.6 Å². The number of aromatic nitrogens is 1. The quantitative estimate of drug-likeness (QED) is 0.569. The molecule has 4 rings (SSSR count). The van der Waals surface area contributed by atoms with E-state index in [-0.39, 0.29) is 5.82 Å². The highest BCUT2D eigenvalue weighted by Gasteiger charge is 2.29. The molecule has 0 radical (unpaired) electrons. The van der Waals surface area contributed by atoms with E-state index in [4.69, 9.17) is 16.6 Å². The zero-order valence-corrected chi connectivity index (χ0v) is 12.8. The summed E-state index contributed by atoms with van der Waals surface area (Å²) in [4.78, 5) is 4.85. The lowest BCUT2D eigenvalue weighted by Crippen LogP contribution is -2.00. The SMILES string of the molecule is Fc1ccc(-c2c(CCl)c(C3CC3)nc3ccccc23)cc1. The highest BCUT2D eigenvalue weighted by Crippen LogP contribution is 2.45. The zero-order valence-electron chi connectivity index (χ0n) is 12.0. The Hall–Kier alpha value is -1.93. The molecule has 0 amide bonds. The fourth-order valence-electron chi connectivity index (χ4n) is 3.05. The summed E-state index contributed by atoms with van der Waals surface area (Å²) in [7, 11) is 0. The van der Waals surface area contributed by atoms with Crippen molar-refractivity contribution in [2.45, 2.75) is 24.6 Å². The van der Waals surface area contributed by atoms with E-state index in [9.17, 15) is 4.39 Å². The second-order valence-corrected chi connectivity index (χ2v) is 6.05. The van der Waals surface area contributed by atoms with Gasteiger partial charge in [0, 0.05) is 22.9 Å². The van der Waals surface area contributed by atoms with E-state index in [1.54, 1.807) is 0 Å². The van der Waals surface area contributed by atoms with Crippen molar-refractivity contribution < 1.29 is 4.39 Å². The molecule has 0 unspecified atom stereocenters. The molecule has 1 aliphatic rings. The lowest BCUT2D eigenvalue weighted by Gasteiger charge is -2.16. The predicted octanol–water partition coefficient (Wildman–Crippen LogP) is 5.66. The first-order valence-electron chi connectivity index (χ1n) is 7.51. The summed E-state index contributed by atoms with van der Waals surface area (Å²) in [6.45, 7) is 0. The molecule has 3 heteroatoms. The Bertz CT molecular complexity index is 838. The van der Waals surface area contributed by atoms with Gasteiger partial charge in [-0.2, -0.15) is 0 Å². The topological polar surface area (TPSA) is 12.9 Å². The molecule has 0 N–H and O–H groups in total. The van der Waals surface area contributed by atoms with Crippen molar-refractivity contribution in [1.29, 1.82) is 0 Å². The number of para-hydroxylation sites is 1. The molecular formula is C19H15ClFN. The first kappa shape index (κ1) is 13.7. The lowest BCUT2D eigenvalue weighted by atomic mass is 9.93. The molecule has 1 heterocycles. The highest BCUT2D eigenvalue weighted by atomic mass is 35.5. The third kappa shape index (κ3) is 2.28. The van der Waals surface area contributed by atoms with Crippen LogP contribution in [-0.4, -0.2) is 4.98 Å². The second-order valence-electron chi connectivity index (χ2n) is 5.78. The molecule has 1 aromatic heterocycles. The maximum atomic E-state index is 13.3. The molecule has 0 saturated heterocycles. The van der Waals surface area contributed by atoms with Gasteiger partial charge in [-0.3, -0.25) is 4.98 Å². The van der Waals surface area contributed by atoms with E-state index in [0.717, 1.165) is 33.3 Å². The summed E-state index contributed by atoms with van der Waals surface area (Å²) < 4.78 is 13.3. The Labute approximate surface area is 133 Å². The summed E-state index contributed by atoms with van der Waals surface area (Å²) in [5.41, 5.74) is 5.29. The Balaban J connectivity index is 2.06. The number of hydrogen-bond donors (Lipinski definition) is 0. The average molecular weight is 312 g/mol. The van der Waals surface area contributed by atoms with E-state index < -0.39 is 0 Å². The molecule has 22 heavy (non-hydrogen) atoms. The van der Waals surface area contributed by atoms with Gasteiger partial charge in [0.05, 0.1) is 5.52 Å². The Morgan fingerprint density at radius 1 is 1.05 bits per heavy atom. The van der Waals surface area contributed by atoms with Crippen LogP contribution >= 0.6 is 11.6 Å². The van der Waals surface area contributed by atoms with Crippen LogP contribution in [0.1, 0.15) is 30.0 Å². The predicted molar refractivity (Wildman–Crippen MR) is 88.7 cm³/mol. The number of pyridine rings is 1. The van der Waals surface area contributed by atoms with Crippen molar-refractivity contribution >= 4 is 22.5 Å². The van der Waals surface area contributed by atoms with Gasteiger partial charge in [-0.25, -0.2) is 4.39 Å². The maximum absolute atomic E-state index is 13.3. The van der Waals surface area contributed by atoms with Crippen molar-refractivity contribution in [2.75, 3.05) is 0 Å². The normalized spacial score (nSPS) is 14.5. The molecule has 1 fully saturated rings. The number of fused-ring (bicyclic) bond motifs is 1. The van der Waals surface area contributed by atoms with Crippen molar-refractivity contribution in [3.05, 3.63) is 65.6 Å². The van der Waals surface area contributed by atoms with E-state index in [1.165, 1.54) is 25.0 Å². The summed E-state index contributed by atoms with van der Waals surface area (Å²) in [6.07, 6.45) is 2.36. The van der Waals surface area contributed by atoms with Gasteiger partial charge in [0.15, 0.2) is 0 Å². The third-order valence-corrected chi connectivity index (χ3v) is 4.52. The Kier molecular flexibility index (Phi) is 3.34. The van der Waals surface area contributed by atoms with Gasteiger partial charge >= 0.3 is 0 Å². The van der Waals surface area contributed by atoms with Gasteiger partial charge in [0.25, 0.3) is 0 Å². The highest BCUT2D eigenvalue weighted by molar-refractivity contribution is 6.18. The van der Waals surface area contributed by atoms with E-state index in [0.29, 0.717) is 11.8 Å². The van der Waals surface area contributed by atoms with Gasteiger partial charge in [0.1, 0.15) is 5.82 Å². The van der Waals surface area contributed by atoms with E-state index in [2.05, 4.69) is 6.07 Å². The van der Waals surface area contributed by atoms with E-state index >= 15 is 0 Å². The van der Waals surface area contributed by atoms with Crippen LogP contribution < -0.4 is 0 Å². The van der Waals surface area contributed by atoms with Crippen molar-refractivity contribution in [1.82, 2.24) is 4.98 Å². The minimum Gasteiger partial charge on any atom is -0.252 e. The molecular weight excluding hydrogens is 297 g/mol. The first-order valence-corrected chi connectivity index (χ1v) is 8.05. The van der Waals surface area contributed by atoms with Crippen LogP contribution in [0.5, 0.6) is 0 Å².